The molecule has 0 fully saturated rings. The van der Waals surface area contributed by atoms with Crippen molar-refractivity contribution in [2.45, 2.75) is 12.8 Å². The van der Waals surface area contributed by atoms with Gasteiger partial charge in [-0.15, -0.1) is 0 Å². The van der Waals surface area contributed by atoms with Gasteiger partial charge in [0.2, 0.25) is 0 Å². The van der Waals surface area contributed by atoms with Crippen LogP contribution in [0.15, 0.2) is 77.3 Å². The van der Waals surface area contributed by atoms with Crippen LogP contribution in [0.1, 0.15) is 18.5 Å². The maximum Gasteiger partial charge on any atom is 0.160 e. The van der Waals surface area contributed by atoms with Crippen LogP contribution < -0.4 is 0 Å². The van der Waals surface area contributed by atoms with Crippen LogP contribution in [0.3, 0.4) is 0 Å². The Bertz CT molecular complexity index is 990. The summed E-state index contributed by atoms with van der Waals surface area (Å²) in [5, 5.41) is 0.654. The quantitative estimate of drug-likeness (QED) is 0.455. The SMILES string of the molecule is Clc1cc(Br)cc(-c2nc(C3=CCCC=C3)cc(-c3ccccc3)n2)c1. The van der Waals surface area contributed by atoms with Crippen LogP contribution in [0.4, 0.5) is 0 Å². The highest BCUT2D eigenvalue weighted by Gasteiger charge is 2.12. The minimum Gasteiger partial charge on any atom is -0.228 e. The molecule has 1 aliphatic rings. The second kappa shape index (κ2) is 7.56. The number of hydrogen-bond acceptors (Lipinski definition) is 2. The van der Waals surface area contributed by atoms with E-state index in [1.807, 2.05) is 36.4 Å². The Balaban J connectivity index is 1.90. The van der Waals surface area contributed by atoms with E-state index in [4.69, 9.17) is 21.6 Å². The largest absolute Gasteiger partial charge is 0.228 e. The summed E-state index contributed by atoms with van der Waals surface area (Å²) < 4.78 is 0.909. The molecule has 0 atom stereocenters. The zero-order chi connectivity index (χ0) is 17.9. The summed E-state index contributed by atoms with van der Waals surface area (Å²) in [4.78, 5) is 9.63. The van der Waals surface area contributed by atoms with Gasteiger partial charge in [0, 0.05) is 20.6 Å². The number of rotatable bonds is 3. The number of halogens is 2. The zero-order valence-electron chi connectivity index (χ0n) is 14.0. The van der Waals surface area contributed by atoms with Crippen LogP contribution in [-0.4, -0.2) is 9.97 Å². The van der Waals surface area contributed by atoms with Crippen molar-refractivity contribution in [1.29, 1.82) is 0 Å². The molecule has 0 radical (unpaired) electrons. The van der Waals surface area contributed by atoms with E-state index in [0.29, 0.717) is 10.8 Å². The van der Waals surface area contributed by atoms with Crippen LogP contribution in [0, 0.1) is 0 Å². The molecule has 0 aliphatic heterocycles. The van der Waals surface area contributed by atoms with Gasteiger partial charge in [-0.2, -0.15) is 0 Å². The van der Waals surface area contributed by atoms with Crippen molar-refractivity contribution in [1.82, 2.24) is 9.97 Å². The highest BCUT2D eigenvalue weighted by atomic mass is 79.9. The van der Waals surface area contributed by atoms with Gasteiger partial charge in [-0.25, -0.2) is 9.97 Å². The first-order valence-corrected chi connectivity index (χ1v) is 9.64. The molecule has 1 aromatic heterocycles. The first-order valence-electron chi connectivity index (χ1n) is 8.47. The predicted molar refractivity (Wildman–Crippen MR) is 112 cm³/mol. The van der Waals surface area contributed by atoms with Gasteiger partial charge in [0.05, 0.1) is 11.4 Å². The molecule has 4 heteroatoms. The summed E-state index contributed by atoms with van der Waals surface area (Å²) in [6.07, 6.45) is 8.67. The Kier molecular flexibility index (Phi) is 5.00. The molecule has 1 aliphatic carbocycles. The minimum absolute atomic E-state index is 0.654. The molecule has 1 heterocycles. The van der Waals surface area contributed by atoms with Gasteiger partial charge in [-0.3, -0.25) is 0 Å². The summed E-state index contributed by atoms with van der Waals surface area (Å²) in [7, 11) is 0. The molecule has 0 saturated carbocycles. The van der Waals surface area contributed by atoms with Crippen molar-refractivity contribution < 1.29 is 0 Å². The summed E-state index contributed by atoms with van der Waals surface area (Å²) in [6, 6.07) is 18.0. The van der Waals surface area contributed by atoms with Gasteiger partial charge in [0.25, 0.3) is 0 Å². The highest BCUT2D eigenvalue weighted by Crippen LogP contribution is 2.30. The number of nitrogens with zero attached hydrogens (tertiary/aromatic N) is 2. The lowest BCUT2D eigenvalue weighted by Gasteiger charge is -2.12. The molecular formula is C22H16BrClN2. The molecule has 0 amide bonds. The fourth-order valence-electron chi connectivity index (χ4n) is 2.97. The average Bonchev–Trinajstić information content (AvgIpc) is 2.68. The molecule has 0 saturated heterocycles. The normalized spacial score (nSPS) is 13.5. The summed E-state index contributed by atoms with van der Waals surface area (Å²) in [5.41, 5.74) is 4.93. The van der Waals surface area contributed by atoms with Crippen molar-refractivity contribution in [2.24, 2.45) is 0 Å². The van der Waals surface area contributed by atoms with E-state index in [0.717, 1.165) is 45.4 Å². The topological polar surface area (TPSA) is 25.8 Å². The highest BCUT2D eigenvalue weighted by molar-refractivity contribution is 9.10. The molecule has 2 nitrogen and oxygen atoms in total. The number of benzene rings is 2. The first-order chi connectivity index (χ1) is 12.7. The maximum absolute atomic E-state index is 6.24. The van der Waals surface area contributed by atoms with Crippen molar-refractivity contribution in [3.8, 4) is 22.6 Å². The van der Waals surface area contributed by atoms with Crippen LogP contribution in [0.25, 0.3) is 28.2 Å². The molecule has 0 N–H and O–H groups in total. The Morgan fingerprint density at radius 1 is 0.846 bits per heavy atom. The third-order valence-electron chi connectivity index (χ3n) is 4.21. The van der Waals surface area contributed by atoms with Gasteiger partial charge in [-0.05, 0) is 42.7 Å². The van der Waals surface area contributed by atoms with E-state index < -0.39 is 0 Å². The van der Waals surface area contributed by atoms with Crippen LogP contribution in [0.5, 0.6) is 0 Å². The first kappa shape index (κ1) is 17.2. The standard InChI is InChI=1S/C22H16BrClN2/c23-18-11-17(12-19(24)13-18)22-25-20(15-7-3-1-4-8-15)14-21(26-22)16-9-5-2-6-10-16/h1,3-5,7-14H,2,6H2. The Morgan fingerprint density at radius 3 is 2.38 bits per heavy atom. The Morgan fingerprint density at radius 2 is 1.65 bits per heavy atom. The van der Waals surface area contributed by atoms with Gasteiger partial charge < -0.3 is 0 Å². The fraction of sp³-hybridized carbons (Fsp3) is 0.0909. The van der Waals surface area contributed by atoms with E-state index in [-0.39, 0.29) is 0 Å². The van der Waals surface area contributed by atoms with E-state index in [2.05, 4.69) is 52.4 Å². The van der Waals surface area contributed by atoms with Gasteiger partial charge >= 0.3 is 0 Å². The van der Waals surface area contributed by atoms with E-state index in [1.165, 1.54) is 0 Å². The maximum atomic E-state index is 6.24. The average molecular weight is 424 g/mol. The molecule has 4 rings (SSSR count). The Labute approximate surface area is 166 Å². The van der Waals surface area contributed by atoms with Crippen molar-refractivity contribution in [3.05, 3.63) is 88.0 Å². The number of allylic oxidation sites excluding steroid dienone is 4. The predicted octanol–water partition coefficient (Wildman–Crippen LogP) is 6.96. The molecule has 128 valence electrons. The molecule has 0 unspecified atom stereocenters. The van der Waals surface area contributed by atoms with E-state index >= 15 is 0 Å². The summed E-state index contributed by atoms with van der Waals surface area (Å²) in [5.74, 6) is 0.671. The lowest BCUT2D eigenvalue weighted by atomic mass is 10.0. The van der Waals surface area contributed by atoms with Crippen molar-refractivity contribution in [2.75, 3.05) is 0 Å². The van der Waals surface area contributed by atoms with Gasteiger partial charge in [-0.1, -0.05) is 76.1 Å². The third kappa shape index (κ3) is 3.79. The molecule has 0 bridgehead atoms. The molecular weight excluding hydrogens is 408 g/mol. The zero-order valence-corrected chi connectivity index (χ0v) is 16.3. The summed E-state index contributed by atoms with van der Waals surface area (Å²) >= 11 is 9.74. The minimum atomic E-state index is 0.654. The Hall–Kier alpha value is -2.23. The molecule has 26 heavy (non-hydrogen) atoms. The van der Waals surface area contributed by atoms with Crippen molar-refractivity contribution in [3.63, 3.8) is 0 Å². The van der Waals surface area contributed by atoms with Crippen molar-refractivity contribution >= 4 is 33.1 Å². The second-order valence-corrected chi connectivity index (χ2v) is 7.48. The van der Waals surface area contributed by atoms with Crippen LogP contribution in [0.2, 0.25) is 5.02 Å². The lowest BCUT2D eigenvalue weighted by molar-refractivity contribution is 1.03. The molecule has 3 aromatic rings. The van der Waals surface area contributed by atoms with Gasteiger partial charge in [0.15, 0.2) is 5.82 Å². The molecule has 0 spiro atoms. The third-order valence-corrected chi connectivity index (χ3v) is 4.88. The number of hydrogen-bond donors (Lipinski definition) is 0. The smallest absolute Gasteiger partial charge is 0.160 e. The monoisotopic (exact) mass is 422 g/mol. The summed E-state index contributed by atoms with van der Waals surface area (Å²) in [6.45, 7) is 0. The second-order valence-electron chi connectivity index (χ2n) is 6.13. The van der Waals surface area contributed by atoms with Crippen LogP contribution >= 0.6 is 27.5 Å². The number of aromatic nitrogens is 2. The van der Waals surface area contributed by atoms with Gasteiger partial charge in [0.1, 0.15) is 0 Å². The van der Waals surface area contributed by atoms with Crippen LogP contribution in [-0.2, 0) is 0 Å². The van der Waals surface area contributed by atoms with E-state index in [9.17, 15) is 0 Å². The van der Waals surface area contributed by atoms with E-state index in [1.54, 1.807) is 0 Å². The fourth-order valence-corrected chi connectivity index (χ4v) is 3.83. The molecule has 2 aromatic carbocycles. The lowest BCUT2D eigenvalue weighted by Crippen LogP contribution is -1.98.